The van der Waals surface area contributed by atoms with Gasteiger partial charge in [-0.1, -0.05) is 24.3 Å². The Balaban J connectivity index is 2.14. The third-order valence-corrected chi connectivity index (χ3v) is 4.98. The van der Waals surface area contributed by atoms with Gasteiger partial charge >= 0.3 is 0 Å². The van der Waals surface area contributed by atoms with Gasteiger partial charge in [0.25, 0.3) is 11.7 Å². The van der Waals surface area contributed by atoms with Gasteiger partial charge in [-0.25, -0.2) is 0 Å². The number of rotatable bonds is 9. The van der Waals surface area contributed by atoms with Gasteiger partial charge < -0.3 is 24.2 Å². The van der Waals surface area contributed by atoms with Gasteiger partial charge in [0.05, 0.1) is 31.4 Å². The number of ketones is 1. The molecule has 31 heavy (non-hydrogen) atoms. The van der Waals surface area contributed by atoms with Crippen LogP contribution in [-0.2, 0) is 14.3 Å². The van der Waals surface area contributed by atoms with Crippen LogP contribution >= 0.6 is 0 Å². The van der Waals surface area contributed by atoms with Crippen LogP contribution in [0.25, 0.3) is 5.76 Å². The minimum Gasteiger partial charge on any atom is -0.507 e. The number of methoxy groups -OCH3 is 1. The second-order valence-corrected chi connectivity index (χ2v) is 6.95. The van der Waals surface area contributed by atoms with Crippen LogP contribution in [0.15, 0.2) is 54.1 Å². The van der Waals surface area contributed by atoms with Crippen molar-refractivity contribution in [1.29, 1.82) is 0 Å². The number of aliphatic hydroxyl groups excluding tert-OH is 1. The van der Waals surface area contributed by atoms with E-state index in [0.29, 0.717) is 35.8 Å². The Kier molecular flexibility index (Phi) is 7.31. The molecule has 3 rings (SSSR count). The SMILES string of the molecule is CCOc1cccc(/C(O)=C2/C(=O)C(=O)N(CCOC)C2c2cccc(OCC)c2)c1. The molecular weight excluding hydrogens is 398 g/mol. The third kappa shape index (κ3) is 4.72. The molecule has 0 bridgehead atoms. The molecule has 1 saturated heterocycles. The number of Topliss-reactive ketones (excluding diaryl/α,β-unsaturated/α-hetero) is 1. The van der Waals surface area contributed by atoms with Crippen molar-refractivity contribution in [2.75, 3.05) is 33.5 Å². The molecule has 1 aliphatic heterocycles. The highest BCUT2D eigenvalue weighted by molar-refractivity contribution is 6.46. The molecule has 7 nitrogen and oxygen atoms in total. The van der Waals surface area contributed by atoms with E-state index < -0.39 is 17.7 Å². The summed E-state index contributed by atoms with van der Waals surface area (Å²) in [6.45, 7) is 5.16. The summed E-state index contributed by atoms with van der Waals surface area (Å²) in [5.41, 5.74) is 1.11. The standard InChI is InChI=1S/C24H27NO6/c1-4-30-18-10-6-8-16(14-18)21-20(23(27)24(28)25(21)12-13-29-3)22(26)17-9-7-11-19(15-17)31-5-2/h6-11,14-15,21,26H,4-5,12-13H2,1-3H3/b22-20-. The maximum atomic E-state index is 13.0. The summed E-state index contributed by atoms with van der Waals surface area (Å²) >= 11 is 0. The summed E-state index contributed by atoms with van der Waals surface area (Å²) in [5, 5.41) is 11.1. The van der Waals surface area contributed by atoms with Crippen LogP contribution in [0.4, 0.5) is 0 Å². The largest absolute Gasteiger partial charge is 0.507 e. The summed E-state index contributed by atoms with van der Waals surface area (Å²) in [7, 11) is 1.53. The van der Waals surface area contributed by atoms with Crippen molar-refractivity contribution in [3.63, 3.8) is 0 Å². The van der Waals surface area contributed by atoms with Crippen molar-refractivity contribution < 1.29 is 28.9 Å². The summed E-state index contributed by atoms with van der Waals surface area (Å²) in [6.07, 6.45) is 0. The van der Waals surface area contributed by atoms with E-state index in [2.05, 4.69) is 0 Å². The Bertz CT molecular complexity index is 984. The van der Waals surface area contributed by atoms with E-state index >= 15 is 0 Å². The van der Waals surface area contributed by atoms with Gasteiger partial charge in [-0.05, 0) is 43.7 Å². The third-order valence-electron chi connectivity index (χ3n) is 4.98. The second-order valence-electron chi connectivity index (χ2n) is 6.95. The molecule has 1 aliphatic rings. The number of hydrogen-bond acceptors (Lipinski definition) is 6. The molecule has 0 aliphatic carbocycles. The van der Waals surface area contributed by atoms with Gasteiger partial charge in [-0.15, -0.1) is 0 Å². The normalized spacial score (nSPS) is 17.8. The smallest absolute Gasteiger partial charge is 0.295 e. The molecular formula is C24H27NO6. The number of carbonyl (C=O) groups is 2. The lowest BCUT2D eigenvalue weighted by Gasteiger charge is -2.25. The van der Waals surface area contributed by atoms with Crippen molar-refractivity contribution in [1.82, 2.24) is 4.90 Å². The molecule has 0 radical (unpaired) electrons. The summed E-state index contributed by atoms with van der Waals surface area (Å²) in [6, 6.07) is 13.3. The minimum absolute atomic E-state index is 0.0309. The molecule has 1 N–H and O–H groups in total. The van der Waals surface area contributed by atoms with Crippen LogP contribution in [0.3, 0.4) is 0 Å². The highest BCUT2D eigenvalue weighted by Gasteiger charge is 2.46. The van der Waals surface area contributed by atoms with Gasteiger partial charge in [0, 0.05) is 19.2 Å². The molecule has 2 aromatic carbocycles. The van der Waals surface area contributed by atoms with E-state index in [9.17, 15) is 14.7 Å². The molecule has 0 spiro atoms. The number of likely N-dealkylation sites (tertiary alicyclic amines) is 1. The number of ether oxygens (including phenoxy) is 3. The Morgan fingerprint density at radius 2 is 1.65 bits per heavy atom. The lowest BCUT2D eigenvalue weighted by atomic mass is 9.95. The number of nitrogens with zero attached hydrogens (tertiary/aromatic N) is 1. The monoisotopic (exact) mass is 425 g/mol. The predicted molar refractivity (Wildman–Crippen MR) is 116 cm³/mol. The van der Waals surface area contributed by atoms with E-state index in [1.165, 1.54) is 12.0 Å². The maximum Gasteiger partial charge on any atom is 0.295 e. The van der Waals surface area contributed by atoms with Crippen LogP contribution in [-0.4, -0.2) is 55.2 Å². The number of amides is 1. The van der Waals surface area contributed by atoms with Crippen LogP contribution in [0.2, 0.25) is 0 Å². The number of benzene rings is 2. The fourth-order valence-corrected chi connectivity index (χ4v) is 3.64. The summed E-state index contributed by atoms with van der Waals surface area (Å²) in [5.74, 6) is -0.467. The van der Waals surface area contributed by atoms with Crippen LogP contribution in [0.1, 0.15) is 31.0 Å². The minimum atomic E-state index is -0.758. The van der Waals surface area contributed by atoms with Gasteiger partial charge in [-0.2, -0.15) is 0 Å². The average Bonchev–Trinajstić information content (AvgIpc) is 3.03. The Hall–Kier alpha value is -3.32. The van der Waals surface area contributed by atoms with Crippen molar-refractivity contribution in [2.45, 2.75) is 19.9 Å². The van der Waals surface area contributed by atoms with Gasteiger partial charge in [0.15, 0.2) is 0 Å². The van der Waals surface area contributed by atoms with Crippen molar-refractivity contribution >= 4 is 17.4 Å². The number of carbonyl (C=O) groups excluding carboxylic acids is 2. The van der Waals surface area contributed by atoms with E-state index in [4.69, 9.17) is 14.2 Å². The highest BCUT2D eigenvalue weighted by Crippen LogP contribution is 2.40. The van der Waals surface area contributed by atoms with Gasteiger partial charge in [0.1, 0.15) is 17.3 Å². The molecule has 0 aromatic heterocycles. The van der Waals surface area contributed by atoms with E-state index in [1.54, 1.807) is 42.5 Å². The van der Waals surface area contributed by atoms with Crippen molar-refractivity contribution in [3.05, 3.63) is 65.2 Å². The van der Waals surface area contributed by atoms with Gasteiger partial charge in [0.2, 0.25) is 0 Å². The predicted octanol–water partition coefficient (Wildman–Crippen LogP) is 3.55. The Morgan fingerprint density at radius 1 is 1.00 bits per heavy atom. The average molecular weight is 425 g/mol. The van der Waals surface area contributed by atoms with Crippen LogP contribution in [0, 0.1) is 0 Å². The second kappa shape index (κ2) is 10.1. The quantitative estimate of drug-likeness (QED) is 0.376. The fraction of sp³-hybridized carbons (Fsp3) is 0.333. The lowest BCUT2D eigenvalue weighted by molar-refractivity contribution is -0.140. The molecule has 1 amide bonds. The van der Waals surface area contributed by atoms with E-state index in [0.717, 1.165) is 0 Å². The molecule has 2 aromatic rings. The van der Waals surface area contributed by atoms with Crippen LogP contribution in [0.5, 0.6) is 11.5 Å². The van der Waals surface area contributed by atoms with Gasteiger partial charge in [-0.3, -0.25) is 9.59 Å². The zero-order valence-electron chi connectivity index (χ0n) is 18.0. The number of hydrogen-bond donors (Lipinski definition) is 1. The summed E-state index contributed by atoms with van der Waals surface area (Å²) < 4.78 is 16.2. The molecule has 164 valence electrons. The fourth-order valence-electron chi connectivity index (χ4n) is 3.64. The molecule has 1 unspecified atom stereocenters. The molecule has 1 fully saturated rings. The highest BCUT2D eigenvalue weighted by atomic mass is 16.5. The first-order valence-corrected chi connectivity index (χ1v) is 10.2. The molecule has 7 heteroatoms. The van der Waals surface area contributed by atoms with E-state index in [1.807, 2.05) is 19.9 Å². The molecule has 1 atom stereocenters. The summed E-state index contributed by atoms with van der Waals surface area (Å²) in [4.78, 5) is 27.3. The molecule has 0 saturated carbocycles. The first kappa shape index (κ1) is 22.4. The first-order valence-electron chi connectivity index (χ1n) is 10.2. The Morgan fingerprint density at radius 3 is 2.29 bits per heavy atom. The first-order chi connectivity index (χ1) is 15.0. The topological polar surface area (TPSA) is 85.3 Å². The lowest BCUT2D eigenvalue weighted by Crippen LogP contribution is -2.32. The Labute approximate surface area is 181 Å². The van der Waals surface area contributed by atoms with Crippen molar-refractivity contribution in [3.8, 4) is 11.5 Å². The molecule has 1 heterocycles. The van der Waals surface area contributed by atoms with Crippen molar-refractivity contribution in [2.24, 2.45) is 0 Å². The zero-order valence-corrected chi connectivity index (χ0v) is 18.0. The zero-order chi connectivity index (χ0) is 22.4. The number of aliphatic hydroxyl groups is 1. The van der Waals surface area contributed by atoms with E-state index in [-0.39, 0.29) is 24.5 Å². The van der Waals surface area contributed by atoms with Crippen LogP contribution < -0.4 is 9.47 Å². The maximum absolute atomic E-state index is 13.0.